The van der Waals surface area contributed by atoms with Gasteiger partial charge in [-0.2, -0.15) is 5.10 Å². The summed E-state index contributed by atoms with van der Waals surface area (Å²) in [7, 11) is 1.38. The first-order chi connectivity index (χ1) is 11.6. The summed E-state index contributed by atoms with van der Waals surface area (Å²) in [6, 6.07) is 3.66. The molecule has 5 nitrogen and oxygen atoms in total. The van der Waals surface area contributed by atoms with E-state index in [1.165, 1.54) is 7.11 Å². The lowest BCUT2D eigenvalue weighted by atomic mass is 10.0. The van der Waals surface area contributed by atoms with E-state index in [0.29, 0.717) is 11.1 Å². The standard InChI is InChI=1S/C19H22N2O3/c1-13(2)7-8-14-10-15-12-21(18-6-4-5-9-24-18)20-17(15)11-16(14)19(22)23-3/h10-13,18H,4-6,9H2,1-3H3. The Hall–Kier alpha value is -2.32. The van der Waals surface area contributed by atoms with Crippen LogP contribution >= 0.6 is 0 Å². The van der Waals surface area contributed by atoms with Crippen LogP contribution in [0.3, 0.4) is 0 Å². The van der Waals surface area contributed by atoms with Crippen molar-refractivity contribution in [2.75, 3.05) is 13.7 Å². The van der Waals surface area contributed by atoms with Gasteiger partial charge in [0.15, 0.2) is 0 Å². The van der Waals surface area contributed by atoms with Gasteiger partial charge in [-0.25, -0.2) is 9.48 Å². The van der Waals surface area contributed by atoms with Crippen LogP contribution in [0, 0.1) is 17.8 Å². The molecule has 0 bridgehead atoms. The first-order valence-electron chi connectivity index (χ1n) is 8.33. The molecule has 1 aliphatic heterocycles. The van der Waals surface area contributed by atoms with Crippen LogP contribution in [0.4, 0.5) is 0 Å². The molecule has 1 atom stereocenters. The van der Waals surface area contributed by atoms with Gasteiger partial charge < -0.3 is 9.47 Å². The molecule has 1 unspecified atom stereocenters. The van der Waals surface area contributed by atoms with E-state index in [-0.39, 0.29) is 12.1 Å². The van der Waals surface area contributed by atoms with E-state index < -0.39 is 5.97 Å². The third-order valence-electron chi connectivity index (χ3n) is 4.01. The highest BCUT2D eigenvalue weighted by molar-refractivity contribution is 5.97. The predicted molar refractivity (Wildman–Crippen MR) is 91.6 cm³/mol. The van der Waals surface area contributed by atoms with Crippen molar-refractivity contribution in [2.45, 2.75) is 39.3 Å². The zero-order valence-electron chi connectivity index (χ0n) is 14.3. The first-order valence-corrected chi connectivity index (χ1v) is 8.33. The van der Waals surface area contributed by atoms with E-state index in [2.05, 4.69) is 16.9 Å². The Labute approximate surface area is 141 Å². The van der Waals surface area contributed by atoms with Gasteiger partial charge in [-0.1, -0.05) is 25.7 Å². The maximum atomic E-state index is 12.1. The lowest BCUT2D eigenvalue weighted by molar-refractivity contribution is -0.0390. The number of ether oxygens (including phenoxy) is 2. The third kappa shape index (κ3) is 3.44. The van der Waals surface area contributed by atoms with Gasteiger partial charge in [0.1, 0.15) is 6.23 Å². The molecule has 126 valence electrons. The number of benzene rings is 1. The number of aromatic nitrogens is 2. The number of carbonyl (C=O) groups excluding carboxylic acids is 1. The zero-order valence-corrected chi connectivity index (χ0v) is 14.3. The van der Waals surface area contributed by atoms with E-state index >= 15 is 0 Å². The molecule has 0 saturated carbocycles. The number of esters is 1. The smallest absolute Gasteiger partial charge is 0.339 e. The molecule has 1 aromatic heterocycles. The summed E-state index contributed by atoms with van der Waals surface area (Å²) in [6.45, 7) is 4.79. The first kappa shape index (κ1) is 16.5. The number of hydrogen-bond donors (Lipinski definition) is 0. The number of methoxy groups -OCH3 is 1. The summed E-state index contributed by atoms with van der Waals surface area (Å²) in [5, 5.41) is 5.53. The van der Waals surface area contributed by atoms with Gasteiger partial charge in [0.05, 0.1) is 18.2 Å². The highest BCUT2D eigenvalue weighted by Crippen LogP contribution is 2.26. The minimum absolute atomic E-state index is 0.0297. The topological polar surface area (TPSA) is 53.3 Å². The van der Waals surface area contributed by atoms with Crippen LogP contribution < -0.4 is 0 Å². The van der Waals surface area contributed by atoms with Gasteiger partial charge in [-0.15, -0.1) is 0 Å². The predicted octanol–water partition coefficient (Wildman–Crippen LogP) is 3.53. The zero-order chi connectivity index (χ0) is 17.1. The normalized spacial score (nSPS) is 17.6. The van der Waals surface area contributed by atoms with Crippen LogP contribution in [0.2, 0.25) is 0 Å². The summed E-state index contributed by atoms with van der Waals surface area (Å²) >= 11 is 0. The molecule has 0 spiro atoms. The van der Waals surface area contributed by atoms with Crippen molar-refractivity contribution in [3.05, 3.63) is 29.5 Å². The molecular weight excluding hydrogens is 304 g/mol. The Morgan fingerprint density at radius 2 is 2.25 bits per heavy atom. The third-order valence-corrected chi connectivity index (χ3v) is 4.01. The number of nitrogens with zero attached hydrogens (tertiary/aromatic N) is 2. The Bertz CT molecular complexity index is 805. The molecule has 1 saturated heterocycles. The molecule has 1 aromatic carbocycles. The molecule has 2 aromatic rings. The monoisotopic (exact) mass is 326 g/mol. The minimum Gasteiger partial charge on any atom is -0.465 e. The fourth-order valence-corrected chi connectivity index (χ4v) is 2.78. The number of hydrogen-bond acceptors (Lipinski definition) is 4. The highest BCUT2D eigenvalue weighted by atomic mass is 16.5. The fourth-order valence-electron chi connectivity index (χ4n) is 2.78. The Balaban J connectivity index is 2.05. The van der Waals surface area contributed by atoms with Crippen LogP contribution in [0.25, 0.3) is 10.9 Å². The van der Waals surface area contributed by atoms with Crippen LogP contribution in [0.5, 0.6) is 0 Å². The van der Waals surface area contributed by atoms with Crippen LogP contribution in [-0.4, -0.2) is 29.5 Å². The Morgan fingerprint density at radius 1 is 1.42 bits per heavy atom. The average Bonchev–Trinajstić information content (AvgIpc) is 3.02. The van der Waals surface area contributed by atoms with Crippen molar-refractivity contribution in [1.29, 1.82) is 0 Å². The lowest BCUT2D eigenvalue weighted by Crippen LogP contribution is -2.18. The summed E-state index contributed by atoms with van der Waals surface area (Å²) in [5.41, 5.74) is 1.87. The van der Waals surface area contributed by atoms with Crippen molar-refractivity contribution < 1.29 is 14.3 Å². The quantitative estimate of drug-likeness (QED) is 0.626. The fraction of sp³-hybridized carbons (Fsp3) is 0.474. The van der Waals surface area contributed by atoms with Crippen molar-refractivity contribution in [1.82, 2.24) is 9.78 Å². The van der Waals surface area contributed by atoms with E-state index in [0.717, 1.165) is 36.8 Å². The van der Waals surface area contributed by atoms with Gasteiger partial charge in [0.25, 0.3) is 0 Å². The molecule has 0 aliphatic carbocycles. The van der Waals surface area contributed by atoms with Gasteiger partial charge in [-0.3, -0.25) is 0 Å². The second-order valence-corrected chi connectivity index (χ2v) is 6.30. The van der Waals surface area contributed by atoms with E-state index in [4.69, 9.17) is 9.47 Å². The molecular formula is C19H22N2O3. The van der Waals surface area contributed by atoms with Crippen molar-refractivity contribution >= 4 is 16.9 Å². The summed E-state index contributed by atoms with van der Waals surface area (Å²) in [6.07, 6.45) is 5.13. The van der Waals surface area contributed by atoms with Crippen LogP contribution in [-0.2, 0) is 9.47 Å². The number of fused-ring (bicyclic) bond motifs is 1. The largest absolute Gasteiger partial charge is 0.465 e. The summed E-state index contributed by atoms with van der Waals surface area (Å²) in [4.78, 5) is 12.1. The van der Waals surface area contributed by atoms with Crippen molar-refractivity contribution in [2.24, 2.45) is 5.92 Å². The van der Waals surface area contributed by atoms with E-state index in [9.17, 15) is 4.79 Å². The second kappa shape index (κ2) is 7.06. The summed E-state index contributed by atoms with van der Waals surface area (Å²) in [5.74, 6) is 6.03. The SMILES string of the molecule is COC(=O)c1cc2nn(C3CCCCO3)cc2cc1C#CC(C)C. The molecule has 0 amide bonds. The second-order valence-electron chi connectivity index (χ2n) is 6.30. The van der Waals surface area contributed by atoms with Crippen molar-refractivity contribution in [3.8, 4) is 11.8 Å². The van der Waals surface area contributed by atoms with Gasteiger partial charge >= 0.3 is 5.97 Å². The average molecular weight is 326 g/mol. The van der Waals surface area contributed by atoms with Gasteiger partial charge in [0, 0.05) is 29.7 Å². The molecule has 0 radical (unpaired) electrons. The number of rotatable bonds is 2. The van der Waals surface area contributed by atoms with Crippen LogP contribution in [0.1, 0.15) is 55.3 Å². The number of carbonyl (C=O) groups is 1. The minimum atomic E-state index is -0.395. The van der Waals surface area contributed by atoms with Gasteiger partial charge in [-0.05, 0) is 31.4 Å². The lowest BCUT2D eigenvalue weighted by Gasteiger charge is -2.22. The molecule has 5 heteroatoms. The molecule has 0 N–H and O–H groups in total. The Kier molecular flexibility index (Phi) is 4.86. The Morgan fingerprint density at radius 3 is 2.92 bits per heavy atom. The van der Waals surface area contributed by atoms with Crippen LogP contribution in [0.15, 0.2) is 18.3 Å². The molecule has 1 aliphatic rings. The van der Waals surface area contributed by atoms with Crippen molar-refractivity contribution in [3.63, 3.8) is 0 Å². The molecule has 1 fully saturated rings. The maximum absolute atomic E-state index is 12.1. The highest BCUT2D eigenvalue weighted by Gasteiger charge is 2.19. The maximum Gasteiger partial charge on any atom is 0.339 e. The molecule has 2 heterocycles. The van der Waals surface area contributed by atoms with E-state index in [1.807, 2.05) is 30.8 Å². The van der Waals surface area contributed by atoms with Gasteiger partial charge in [0.2, 0.25) is 0 Å². The molecule has 3 rings (SSSR count). The van der Waals surface area contributed by atoms with E-state index in [1.54, 1.807) is 6.07 Å². The molecule has 24 heavy (non-hydrogen) atoms. The summed E-state index contributed by atoms with van der Waals surface area (Å²) < 4.78 is 12.5.